The fourth-order valence-corrected chi connectivity index (χ4v) is 3.35. The van der Waals surface area contributed by atoms with E-state index in [2.05, 4.69) is 0 Å². The van der Waals surface area contributed by atoms with Crippen LogP contribution in [0.1, 0.15) is 24.1 Å². The zero-order chi connectivity index (χ0) is 17.3. The Balaban J connectivity index is 2.06. The monoisotopic (exact) mass is 325 g/mol. The summed E-state index contributed by atoms with van der Waals surface area (Å²) in [5.41, 5.74) is 1.68. The standard InChI is InChI=1S/C19H19NO4/c1-12(21)15-17(19(23)24)20(18(15)22)16(13-8-4-2-5-9-13)14-10-6-3-7-11-14/h2-12,15-17,21H,1H3,(H,23,24)/t12-,15-,17+/m1/s1. The van der Waals surface area contributed by atoms with Crippen molar-refractivity contribution in [1.29, 1.82) is 0 Å². The van der Waals surface area contributed by atoms with Crippen LogP contribution in [-0.2, 0) is 9.59 Å². The number of aliphatic hydroxyl groups excluding tert-OH is 1. The zero-order valence-electron chi connectivity index (χ0n) is 13.2. The molecule has 0 spiro atoms. The van der Waals surface area contributed by atoms with Gasteiger partial charge in [-0.1, -0.05) is 60.7 Å². The highest BCUT2D eigenvalue weighted by molar-refractivity contribution is 5.97. The molecule has 2 N–H and O–H groups in total. The molecule has 0 aliphatic carbocycles. The van der Waals surface area contributed by atoms with E-state index in [4.69, 9.17) is 0 Å². The van der Waals surface area contributed by atoms with E-state index in [0.717, 1.165) is 11.1 Å². The number of carboxylic acids is 1. The van der Waals surface area contributed by atoms with Crippen molar-refractivity contribution >= 4 is 11.9 Å². The Morgan fingerprint density at radius 2 is 1.46 bits per heavy atom. The largest absolute Gasteiger partial charge is 0.480 e. The second kappa shape index (κ2) is 6.45. The van der Waals surface area contributed by atoms with Crippen LogP contribution >= 0.6 is 0 Å². The molecule has 1 heterocycles. The lowest BCUT2D eigenvalue weighted by atomic mass is 9.79. The second-order valence-electron chi connectivity index (χ2n) is 6.02. The van der Waals surface area contributed by atoms with Gasteiger partial charge in [0.15, 0.2) is 0 Å². The number of aliphatic carboxylic acids is 1. The smallest absolute Gasteiger partial charge is 0.327 e. The van der Waals surface area contributed by atoms with E-state index in [1.165, 1.54) is 11.8 Å². The van der Waals surface area contributed by atoms with E-state index in [9.17, 15) is 19.8 Å². The number of aliphatic hydroxyl groups is 1. The molecule has 0 bridgehead atoms. The first-order valence-corrected chi connectivity index (χ1v) is 7.85. The third kappa shape index (κ3) is 2.67. The number of benzene rings is 2. The van der Waals surface area contributed by atoms with Crippen LogP contribution < -0.4 is 0 Å². The van der Waals surface area contributed by atoms with Gasteiger partial charge < -0.3 is 15.1 Å². The number of carbonyl (C=O) groups excluding carboxylic acids is 1. The van der Waals surface area contributed by atoms with Gasteiger partial charge in [0.25, 0.3) is 0 Å². The van der Waals surface area contributed by atoms with Crippen LogP contribution in [0.4, 0.5) is 0 Å². The van der Waals surface area contributed by atoms with E-state index in [-0.39, 0.29) is 5.91 Å². The molecule has 0 saturated carbocycles. The van der Waals surface area contributed by atoms with Gasteiger partial charge in [-0.3, -0.25) is 4.79 Å². The molecule has 1 saturated heterocycles. The van der Waals surface area contributed by atoms with Crippen molar-refractivity contribution in [2.45, 2.75) is 25.1 Å². The number of nitrogens with zero attached hydrogens (tertiary/aromatic N) is 1. The number of hydrogen-bond donors (Lipinski definition) is 2. The fraction of sp³-hybridized carbons (Fsp3) is 0.263. The van der Waals surface area contributed by atoms with Crippen molar-refractivity contribution in [1.82, 2.24) is 4.90 Å². The highest BCUT2D eigenvalue weighted by Crippen LogP contribution is 2.41. The van der Waals surface area contributed by atoms with Crippen molar-refractivity contribution in [3.63, 3.8) is 0 Å². The Bertz CT molecular complexity index is 690. The topological polar surface area (TPSA) is 77.8 Å². The Morgan fingerprint density at radius 1 is 1.00 bits per heavy atom. The molecular formula is C19H19NO4. The molecule has 5 heteroatoms. The van der Waals surface area contributed by atoms with Crippen molar-refractivity contribution in [2.75, 3.05) is 0 Å². The molecular weight excluding hydrogens is 306 g/mol. The first-order valence-electron chi connectivity index (χ1n) is 7.85. The average Bonchev–Trinajstić information content (AvgIpc) is 2.57. The molecule has 1 fully saturated rings. The number of amides is 1. The van der Waals surface area contributed by atoms with E-state index in [1.807, 2.05) is 60.7 Å². The molecule has 3 rings (SSSR count). The molecule has 2 aromatic rings. The molecule has 0 aromatic heterocycles. The number of likely N-dealkylation sites (tertiary alicyclic amines) is 1. The number of rotatable bonds is 5. The maximum atomic E-state index is 12.6. The minimum atomic E-state index is -1.10. The lowest BCUT2D eigenvalue weighted by Crippen LogP contribution is -2.68. The Hall–Kier alpha value is -2.66. The summed E-state index contributed by atoms with van der Waals surface area (Å²) in [5.74, 6) is -2.34. The van der Waals surface area contributed by atoms with Crippen molar-refractivity contribution in [3.8, 4) is 0 Å². The molecule has 124 valence electrons. The third-order valence-electron chi connectivity index (χ3n) is 4.46. The van der Waals surface area contributed by atoms with Crippen molar-refractivity contribution in [2.24, 2.45) is 5.92 Å². The maximum absolute atomic E-state index is 12.6. The molecule has 3 atom stereocenters. The van der Waals surface area contributed by atoms with E-state index >= 15 is 0 Å². The van der Waals surface area contributed by atoms with Gasteiger partial charge in [-0.15, -0.1) is 0 Å². The van der Waals surface area contributed by atoms with Gasteiger partial charge in [0, 0.05) is 0 Å². The van der Waals surface area contributed by atoms with Gasteiger partial charge in [0.1, 0.15) is 6.04 Å². The van der Waals surface area contributed by atoms with Crippen LogP contribution in [0, 0.1) is 5.92 Å². The number of β-lactam (4-membered cyclic amide) rings is 1. The summed E-state index contributed by atoms with van der Waals surface area (Å²) in [7, 11) is 0. The van der Waals surface area contributed by atoms with Gasteiger partial charge in [-0.05, 0) is 18.1 Å². The van der Waals surface area contributed by atoms with Gasteiger partial charge >= 0.3 is 5.97 Å². The minimum Gasteiger partial charge on any atom is -0.480 e. The summed E-state index contributed by atoms with van der Waals surface area (Å²) in [6, 6.07) is 17.1. The summed E-state index contributed by atoms with van der Waals surface area (Å²) >= 11 is 0. The van der Waals surface area contributed by atoms with Crippen LogP contribution in [0.3, 0.4) is 0 Å². The van der Waals surface area contributed by atoms with Gasteiger partial charge in [0.05, 0.1) is 18.1 Å². The quantitative estimate of drug-likeness (QED) is 0.825. The van der Waals surface area contributed by atoms with Crippen LogP contribution in [0.5, 0.6) is 0 Å². The minimum absolute atomic E-state index is 0.338. The molecule has 0 radical (unpaired) electrons. The normalized spacial score (nSPS) is 21.5. The predicted molar refractivity (Wildman–Crippen MR) is 88.2 cm³/mol. The van der Waals surface area contributed by atoms with Crippen LogP contribution in [0.15, 0.2) is 60.7 Å². The third-order valence-corrected chi connectivity index (χ3v) is 4.46. The number of carbonyl (C=O) groups is 2. The van der Waals surface area contributed by atoms with Gasteiger partial charge in [-0.2, -0.15) is 0 Å². The molecule has 1 aliphatic heterocycles. The lowest BCUT2D eigenvalue weighted by molar-refractivity contribution is -0.180. The van der Waals surface area contributed by atoms with E-state index in [0.29, 0.717) is 0 Å². The van der Waals surface area contributed by atoms with Crippen molar-refractivity contribution in [3.05, 3.63) is 71.8 Å². The van der Waals surface area contributed by atoms with Crippen LogP contribution in [0.2, 0.25) is 0 Å². The SMILES string of the molecule is C[C@@H](O)[C@H]1C(=O)N(C(c2ccccc2)c2ccccc2)[C@@H]1C(=O)O. The first kappa shape index (κ1) is 16.2. The number of carboxylic acid groups (broad SMARTS) is 1. The zero-order valence-corrected chi connectivity index (χ0v) is 13.2. The summed E-state index contributed by atoms with van der Waals surface area (Å²) in [6.07, 6.45) is -0.998. The summed E-state index contributed by atoms with van der Waals surface area (Å²) in [5, 5.41) is 19.4. The number of hydrogen-bond acceptors (Lipinski definition) is 3. The highest BCUT2D eigenvalue weighted by Gasteiger charge is 2.56. The van der Waals surface area contributed by atoms with Gasteiger partial charge in [-0.25, -0.2) is 4.79 Å². The highest BCUT2D eigenvalue weighted by atomic mass is 16.4. The molecule has 1 amide bonds. The molecule has 24 heavy (non-hydrogen) atoms. The van der Waals surface area contributed by atoms with E-state index in [1.54, 1.807) is 0 Å². The molecule has 0 unspecified atom stereocenters. The average molecular weight is 325 g/mol. The predicted octanol–water partition coefficient (Wildman–Crippen LogP) is 2.07. The first-order chi connectivity index (χ1) is 11.5. The summed E-state index contributed by atoms with van der Waals surface area (Å²) in [4.78, 5) is 25.7. The fourth-order valence-electron chi connectivity index (χ4n) is 3.35. The molecule has 2 aromatic carbocycles. The molecule has 5 nitrogen and oxygen atoms in total. The Kier molecular flexibility index (Phi) is 4.36. The molecule has 1 aliphatic rings. The van der Waals surface area contributed by atoms with E-state index < -0.39 is 30.1 Å². The Morgan fingerprint density at radius 3 is 1.83 bits per heavy atom. The van der Waals surface area contributed by atoms with Gasteiger partial charge in [0.2, 0.25) is 5.91 Å². The summed E-state index contributed by atoms with van der Waals surface area (Å²) < 4.78 is 0. The van der Waals surface area contributed by atoms with Crippen molar-refractivity contribution < 1.29 is 19.8 Å². The lowest BCUT2D eigenvalue weighted by Gasteiger charge is -2.50. The summed E-state index contributed by atoms with van der Waals surface area (Å²) in [6.45, 7) is 1.45. The Labute approximate surface area is 140 Å². The maximum Gasteiger partial charge on any atom is 0.327 e. The second-order valence-corrected chi connectivity index (χ2v) is 6.02. The van der Waals surface area contributed by atoms with Crippen LogP contribution in [-0.4, -0.2) is 39.1 Å². The van der Waals surface area contributed by atoms with Crippen LogP contribution in [0.25, 0.3) is 0 Å².